The normalized spacial score (nSPS) is 17.5. The van der Waals surface area contributed by atoms with Crippen molar-refractivity contribution in [3.8, 4) is 0 Å². The molecule has 8 nitrogen and oxygen atoms in total. The molecule has 1 saturated carbocycles. The van der Waals surface area contributed by atoms with Gasteiger partial charge < -0.3 is 21.1 Å². The van der Waals surface area contributed by atoms with E-state index in [1.165, 1.54) is 23.0 Å². The maximum Gasteiger partial charge on any atom is 0.247 e. The zero-order valence-electron chi connectivity index (χ0n) is 19.8. The van der Waals surface area contributed by atoms with Gasteiger partial charge in [0.25, 0.3) is 0 Å². The predicted octanol–water partition coefficient (Wildman–Crippen LogP) is 5.26. The largest absolute Gasteiger partial charge is 0.393 e. The molecule has 0 spiro atoms. The monoisotopic (exact) mass is 500 g/mol. The molecule has 2 heterocycles. The second-order valence-corrected chi connectivity index (χ2v) is 9.93. The number of nitrogens with zero attached hydrogens (tertiary/aromatic N) is 3. The molecule has 1 aliphatic rings. The van der Waals surface area contributed by atoms with Gasteiger partial charge in [0.15, 0.2) is 5.13 Å². The van der Waals surface area contributed by atoms with Crippen LogP contribution in [0.4, 0.5) is 22.6 Å². The first kappa shape index (κ1) is 23.9. The Morgan fingerprint density at radius 2 is 1.86 bits per heavy atom. The number of amides is 1. The number of carbonyl (C=O) groups excluding carboxylic acids is 1. The van der Waals surface area contributed by atoms with E-state index < -0.39 is 0 Å². The Morgan fingerprint density at radius 1 is 1.06 bits per heavy atom. The Balaban J connectivity index is 1.39. The Morgan fingerprint density at radius 3 is 2.64 bits per heavy atom. The number of aromatic nitrogens is 3. The van der Waals surface area contributed by atoms with E-state index in [2.05, 4.69) is 39.6 Å². The second-order valence-electron chi connectivity index (χ2n) is 8.90. The first-order valence-corrected chi connectivity index (χ1v) is 12.8. The van der Waals surface area contributed by atoms with Crippen LogP contribution in [0, 0.1) is 0 Å². The number of aliphatic hydroxyl groups is 1. The Hall–Kier alpha value is -3.82. The van der Waals surface area contributed by atoms with E-state index in [4.69, 9.17) is 9.97 Å². The summed E-state index contributed by atoms with van der Waals surface area (Å²) in [7, 11) is 0. The Labute approximate surface area is 213 Å². The molecule has 1 aliphatic carbocycles. The number of hydrogen-bond acceptors (Lipinski definition) is 8. The summed E-state index contributed by atoms with van der Waals surface area (Å²) in [4.78, 5) is 25.8. The number of anilines is 4. The van der Waals surface area contributed by atoms with E-state index >= 15 is 0 Å². The summed E-state index contributed by atoms with van der Waals surface area (Å²) in [6, 6.07) is 18.0. The summed E-state index contributed by atoms with van der Waals surface area (Å²) in [5.41, 5.74) is 3.59. The van der Waals surface area contributed by atoms with Crippen molar-refractivity contribution in [3.05, 3.63) is 78.5 Å². The number of rotatable bonds is 8. The fourth-order valence-electron chi connectivity index (χ4n) is 4.28. The third-order valence-corrected chi connectivity index (χ3v) is 7.05. The van der Waals surface area contributed by atoms with Gasteiger partial charge in [0.1, 0.15) is 5.82 Å². The lowest BCUT2D eigenvalue weighted by atomic mass is 9.93. The molecule has 0 saturated heterocycles. The third kappa shape index (κ3) is 6.05. The van der Waals surface area contributed by atoms with Crippen LogP contribution in [0.5, 0.6) is 0 Å². The molecule has 5 rings (SSSR count). The molecule has 0 bridgehead atoms. The number of hydrogen-bond donors (Lipinski definition) is 4. The van der Waals surface area contributed by atoms with Crippen LogP contribution in [0.3, 0.4) is 0 Å². The van der Waals surface area contributed by atoms with E-state index in [0.717, 1.165) is 41.6 Å². The van der Waals surface area contributed by atoms with Crippen LogP contribution < -0.4 is 16.0 Å². The minimum atomic E-state index is -0.253. The fraction of sp³-hybridized carbons (Fsp3) is 0.259. The number of nitrogens with one attached hydrogen (secondary N) is 3. The van der Waals surface area contributed by atoms with Gasteiger partial charge in [0.2, 0.25) is 11.9 Å². The molecule has 0 unspecified atom stereocenters. The Bertz CT molecular complexity index is 1370. The van der Waals surface area contributed by atoms with E-state index in [9.17, 15) is 9.90 Å². The van der Waals surface area contributed by atoms with Crippen LogP contribution in [0.1, 0.15) is 36.9 Å². The SMILES string of the molecule is C=CC(=O)Nc1ccc2nc(Nc3cc(Cc4ccccc4)nc(NC4CCC(O)CC4)n3)sc2c1. The lowest BCUT2D eigenvalue weighted by molar-refractivity contribution is -0.111. The zero-order valence-corrected chi connectivity index (χ0v) is 20.6. The third-order valence-electron chi connectivity index (χ3n) is 6.11. The molecule has 2 aromatic carbocycles. The number of benzene rings is 2. The second kappa shape index (κ2) is 10.8. The summed E-state index contributed by atoms with van der Waals surface area (Å²) in [5, 5.41) is 20.1. The molecular formula is C27H28N6O2S. The van der Waals surface area contributed by atoms with E-state index in [1.54, 1.807) is 0 Å². The van der Waals surface area contributed by atoms with Crippen LogP contribution in [-0.2, 0) is 11.2 Å². The van der Waals surface area contributed by atoms with E-state index in [0.29, 0.717) is 29.0 Å². The van der Waals surface area contributed by atoms with Gasteiger partial charge in [-0.25, -0.2) is 9.97 Å². The molecular weight excluding hydrogens is 472 g/mol. The molecule has 1 fully saturated rings. The van der Waals surface area contributed by atoms with Gasteiger partial charge in [-0.15, -0.1) is 0 Å². The van der Waals surface area contributed by atoms with Crippen LogP contribution in [-0.4, -0.2) is 38.1 Å². The first-order valence-electron chi connectivity index (χ1n) is 12.0. The van der Waals surface area contributed by atoms with E-state index in [-0.39, 0.29) is 18.1 Å². The Kier molecular flexibility index (Phi) is 7.20. The van der Waals surface area contributed by atoms with Gasteiger partial charge in [-0.1, -0.05) is 48.2 Å². The van der Waals surface area contributed by atoms with Crippen molar-refractivity contribution < 1.29 is 9.90 Å². The average Bonchev–Trinajstić information content (AvgIpc) is 3.27. The van der Waals surface area contributed by atoms with Crippen molar-refractivity contribution in [1.29, 1.82) is 0 Å². The van der Waals surface area contributed by atoms with Crippen LogP contribution in [0.25, 0.3) is 10.2 Å². The van der Waals surface area contributed by atoms with Gasteiger partial charge in [-0.05, 0) is 55.5 Å². The number of fused-ring (bicyclic) bond motifs is 1. The molecule has 0 atom stereocenters. The molecule has 0 aliphatic heterocycles. The van der Waals surface area contributed by atoms with Crippen molar-refractivity contribution in [3.63, 3.8) is 0 Å². The van der Waals surface area contributed by atoms with Crippen LogP contribution >= 0.6 is 11.3 Å². The minimum absolute atomic E-state index is 0.213. The maximum atomic E-state index is 11.6. The molecule has 4 aromatic rings. The highest BCUT2D eigenvalue weighted by Crippen LogP contribution is 2.31. The van der Waals surface area contributed by atoms with Gasteiger partial charge in [0.05, 0.1) is 22.0 Å². The molecule has 1 amide bonds. The highest BCUT2D eigenvalue weighted by atomic mass is 32.1. The average molecular weight is 501 g/mol. The standard InChI is InChI=1S/C27H28N6O2S/c1-2-25(35)28-19-10-13-22-23(15-19)36-27(31-22)33-24-16-20(14-17-6-4-3-5-7-17)30-26(32-24)29-18-8-11-21(34)12-9-18/h2-7,10,13,15-16,18,21,34H,1,8-9,11-12,14H2,(H,28,35)(H2,29,30,31,32,33). The van der Waals surface area contributed by atoms with Gasteiger partial charge in [-0.2, -0.15) is 4.98 Å². The number of carbonyl (C=O) groups is 1. The first-order chi connectivity index (χ1) is 17.5. The topological polar surface area (TPSA) is 112 Å². The maximum absolute atomic E-state index is 11.6. The van der Waals surface area contributed by atoms with Crippen molar-refractivity contribution in [2.24, 2.45) is 0 Å². The minimum Gasteiger partial charge on any atom is -0.393 e. The summed E-state index contributed by atoms with van der Waals surface area (Å²) in [5.74, 6) is 0.980. The number of thiazole rings is 1. The highest BCUT2D eigenvalue weighted by molar-refractivity contribution is 7.22. The van der Waals surface area contributed by atoms with Gasteiger partial charge in [-0.3, -0.25) is 4.79 Å². The van der Waals surface area contributed by atoms with Crippen molar-refractivity contribution >= 4 is 50.0 Å². The van der Waals surface area contributed by atoms with Gasteiger partial charge in [0, 0.05) is 24.2 Å². The molecule has 0 radical (unpaired) electrons. The van der Waals surface area contributed by atoms with Gasteiger partial charge >= 0.3 is 0 Å². The number of aliphatic hydroxyl groups excluding tert-OH is 1. The molecule has 36 heavy (non-hydrogen) atoms. The molecule has 2 aromatic heterocycles. The van der Waals surface area contributed by atoms with Crippen molar-refractivity contribution in [2.75, 3.05) is 16.0 Å². The molecule has 184 valence electrons. The summed E-state index contributed by atoms with van der Waals surface area (Å²) in [6.07, 6.45) is 5.06. The smallest absolute Gasteiger partial charge is 0.247 e. The summed E-state index contributed by atoms with van der Waals surface area (Å²) < 4.78 is 0.942. The summed E-state index contributed by atoms with van der Waals surface area (Å²) >= 11 is 1.48. The van der Waals surface area contributed by atoms with Crippen LogP contribution in [0.2, 0.25) is 0 Å². The lowest BCUT2D eigenvalue weighted by Gasteiger charge is -2.26. The van der Waals surface area contributed by atoms with Crippen LogP contribution in [0.15, 0.2) is 67.3 Å². The van der Waals surface area contributed by atoms with Crippen molar-refractivity contribution in [1.82, 2.24) is 15.0 Å². The highest BCUT2D eigenvalue weighted by Gasteiger charge is 2.20. The molecule has 4 N–H and O–H groups in total. The lowest BCUT2D eigenvalue weighted by Crippen LogP contribution is -2.29. The molecule has 9 heteroatoms. The fourth-order valence-corrected chi connectivity index (χ4v) is 5.20. The van der Waals surface area contributed by atoms with E-state index in [1.807, 2.05) is 42.5 Å². The zero-order chi connectivity index (χ0) is 24.9. The quantitative estimate of drug-likeness (QED) is 0.244. The van der Waals surface area contributed by atoms with Crippen molar-refractivity contribution in [2.45, 2.75) is 44.2 Å². The predicted molar refractivity (Wildman–Crippen MR) is 145 cm³/mol. The summed E-state index contributed by atoms with van der Waals surface area (Å²) in [6.45, 7) is 3.49.